The summed E-state index contributed by atoms with van der Waals surface area (Å²) in [6.45, 7) is 3.49. The molecule has 0 aromatic carbocycles. The zero-order valence-corrected chi connectivity index (χ0v) is 14.6. The second-order valence-electron chi connectivity index (χ2n) is 5.84. The molecule has 4 atom stereocenters. The number of aliphatic hydroxyl groups is 1. The number of aliphatic hydroxyl groups excluding tert-OH is 1. The second kappa shape index (κ2) is 5.88. The number of amides is 1. The van der Waals surface area contributed by atoms with Gasteiger partial charge in [-0.05, 0) is 11.0 Å². The van der Waals surface area contributed by atoms with Crippen molar-refractivity contribution in [3.63, 3.8) is 0 Å². The van der Waals surface area contributed by atoms with Gasteiger partial charge in [0.15, 0.2) is 18.6 Å². The summed E-state index contributed by atoms with van der Waals surface area (Å²) < 4.78 is 1.74. The molecule has 3 heterocycles. The van der Waals surface area contributed by atoms with Crippen LogP contribution in [-0.4, -0.2) is 44.2 Å². The molecule has 1 aromatic rings. The fourth-order valence-electron chi connectivity index (χ4n) is 3.30. The van der Waals surface area contributed by atoms with Crippen LogP contribution in [0.2, 0.25) is 0 Å². The van der Waals surface area contributed by atoms with Crippen LogP contribution >= 0.6 is 23.3 Å². The minimum absolute atomic E-state index is 0.0639. The van der Waals surface area contributed by atoms with Gasteiger partial charge in [-0.1, -0.05) is 6.92 Å². The fraction of sp³-hybridized carbons (Fsp3) is 0.571. The van der Waals surface area contributed by atoms with Gasteiger partial charge in [0.2, 0.25) is 5.91 Å². The molecule has 0 bridgehead atoms. The number of carboxylic acid groups (broad SMARTS) is 1. The van der Waals surface area contributed by atoms with Gasteiger partial charge in [0, 0.05) is 21.7 Å². The molecule has 1 amide bonds. The van der Waals surface area contributed by atoms with Crippen molar-refractivity contribution in [2.45, 2.75) is 31.7 Å². The lowest BCUT2D eigenvalue weighted by molar-refractivity contribution is -0.663. The maximum atomic E-state index is 12.2. The van der Waals surface area contributed by atoms with E-state index in [9.17, 15) is 19.8 Å². The van der Waals surface area contributed by atoms with Crippen molar-refractivity contribution in [2.75, 3.05) is 0 Å². The molecule has 3 rings (SSSR count). The van der Waals surface area contributed by atoms with Crippen LogP contribution in [0.25, 0.3) is 0 Å². The third-order valence-electron chi connectivity index (χ3n) is 4.30. The lowest BCUT2D eigenvalue weighted by atomic mass is 9.79. The van der Waals surface area contributed by atoms with Gasteiger partial charge in [-0.15, -0.1) is 11.8 Å². The summed E-state index contributed by atoms with van der Waals surface area (Å²) in [6.07, 6.45) is -0.775. The van der Waals surface area contributed by atoms with Crippen molar-refractivity contribution in [1.82, 2.24) is 10.00 Å². The van der Waals surface area contributed by atoms with E-state index in [-0.39, 0.29) is 23.6 Å². The first-order valence-corrected chi connectivity index (χ1v) is 9.07. The molecule has 2 aliphatic rings. The van der Waals surface area contributed by atoms with Crippen molar-refractivity contribution < 1.29 is 23.9 Å². The van der Waals surface area contributed by atoms with E-state index in [0.29, 0.717) is 10.7 Å². The number of rotatable bonds is 5. The van der Waals surface area contributed by atoms with Crippen LogP contribution in [0, 0.1) is 11.8 Å². The van der Waals surface area contributed by atoms with Crippen molar-refractivity contribution >= 4 is 35.2 Å². The predicted molar refractivity (Wildman–Crippen MR) is 84.2 cm³/mol. The predicted octanol–water partition coefficient (Wildman–Crippen LogP) is 0.354. The minimum Gasteiger partial charge on any atom is -0.477 e. The molecule has 0 spiro atoms. The largest absolute Gasteiger partial charge is 0.477 e. The third-order valence-corrected chi connectivity index (χ3v) is 6.38. The van der Waals surface area contributed by atoms with E-state index in [1.165, 1.54) is 28.2 Å². The summed E-state index contributed by atoms with van der Waals surface area (Å²) in [7, 11) is 1.84. The summed E-state index contributed by atoms with van der Waals surface area (Å²) in [5.74, 6) is -1.46. The molecule has 0 aliphatic carbocycles. The van der Waals surface area contributed by atoms with E-state index in [2.05, 4.69) is 5.10 Å². The molecule has 124 valence electrons. The molecular weight excluding hydrogens is 338 g/mol. The lowest BCUT2D eigenvalue weighted by Gasteiger charge is -2.46. The summed E-state index contributed by atoms with van der Waals surface area (Å²) in [5.41, 5.74) is 0.939. The average Bonchev–Trinajstić information content (AvgIpc) is 2.97. The Morgan fingerprint density at radius 3 is 2.83 bits per heavy atom. The topological polar surface area (TPSA) is 94.6 Å². The molecule has 2 aliphatic heterocycles. The number of aliphatic carboxylic acids is 1. The van der Waals surface area contributed by atoms with Gasteiger partial charge in [0.05, 0.1) is 23.4 Å². The van der Waals surface area contributed by atoms with E-state index >= 15 is 0 Å². The number of nitrogens with zero attached hydrogens (tertiary/aromatic N) is 3. The van der Waals surface area contributed by atoms with Gasteiger partial charge in [-0.3, -0.25) is 4.79 Å². The first-order chi connectivity index (χ1) is 10.8. The highest BCUT2D eigenvalue weighted by atomic mass is 32.2. The fourth-order valence-corrected chi connectivity index (χ4v) is 5.13. The normalized spacial score (nSPS) is 27.9. The molecule has 0 radical (unpaired) electrons. The van der Waals surface area contributed by atoms with Crippen molar-refractivity contribution in [3.8, 4) is 0 Å². The van der Waals surface area contributed by atoms with E-state index < -0.39 is 18.0 Å². The zero-order valence-electron chi connectivity index (χ0n) is 13.0. The van der Waals surface area contributed by atoms with Crippen LogP contribution in [0.5, 0.6) is 0 Å². The Kier molecular flexibility index (Phi) is 4.19. The minimum atomic E-state index is -1.09. The molecule has 2 N–H and O–H groups in total. The van der Waals surface area contributed by atoms with Gasteiger partial charge in [0.25, 0.3) is 0 Å². The SMILES string of the molecule is C[C@@H](O)[C@H]1C(=O)N2C(C(=O)O)=C(SCc3cs[n+](C)n3)[C@H](C)[C@H]12. The molecule has 9 heteroatoms. The Hall–Kier alpha value is -1.45. The molecule has 7 nitrogen and oxygen atoms in total. The highest BCUT2D eigenvalue weighted by molar-refractivity contribution is 8.02. The summed E-state index contributed by atoms with van der Waals surface area (Å²) in [6, 6.07) is -0.261. The maximum absolute atomic E-state index is 12.2. The first-order valence-electron chi connectivity index (χ1n) is 7.25. The van der Waals surface area contributed by atoms with E-state index in [1.54, 1.807) is 11.0 Å². The number of β-lactam (4-membered cyclic amide) rings is 1. The second-order valence-corrected chi connectivity index (χ2v) is 7.83. The van der Waals surface area contributed by atoms with E-state index in [0.717, 1.165) is 5.69 Å². The number of thioether (sulfide) groups is 1. The molecule has 0 unspecified atom stereocenters. The van der Waals surface area contributed by atoms with Crippen LogP contribution in [-0.2, 0) is 22.4 Å². The van der Waals surface area contributed by atoms with Gasteiger partial charge in [-0.25, -0.2) is 4.79 Å². The van der Waals surface area contributed by atoms with Gasteiger partial charge in [0.1, 0.15) is 11.4 Å². The smallest absolute Gasteiger partial charge is 0.353 e. The van der Waals surface area contributed by atoms with Crippen LogP contribution in [0.1, 0.15) is 19.5 Å². The molecule has 1 saturated heterocycles. The highest BCUT2D eigenvalue weighted by Crippen LogP contribution is 2.50. The Morgan fingerprint density at radius 2 is 2.30 bits per heavy atom. The Labute approximate surface area is 141 Å². The number of fused-ring (bicyclic) bond motifs is 1. The number of hydrogen-bond acceptors (Lipinski definition) is 6. The van der Waals surface area contributed by atoms with Gasteiger partial charge in [-0.2, -0.15) is 0 Å². The highest BCUT2D eigenvalue weighted by Gasteiger charge is 2.59. The summed E-state index contributed by atoms with van der Waals surface area (Å²) in [5, 5.41) is 25.5. The first kappa shape index (κ1) is 16.4. The average molecular weight is 356 g/mol. The maximum Gasteiger partial charge on any atom is 0.353 e. The van der Waals surface area contributed by atoms with Gasteiger partial charge >= 0.3 is 5.97 Å². The van der Waals surface area contributed by atoms with Crippen LogP contribution in [0.15, 0.2) is 16.0 Å². The van der Waals surface area contributed by atoms with E-state index in [4.69, 9.17) is 0 Å². The molecule has 1 fully saturated rings. The molecule has 1 aromatic heterocycles. The van der Waals surface area contributed by atoms with Crippen LogP contribution in [0.3, 0.4) is 0 Å². The quantitative estimate of drug-likeness (QED) is 0.584. The number of carbonyl (C=O) groups excluding carboxylic acids is 1. The van der Waals surface area contributed by atoms with Crippen LogP contribution in [0.4, 0.5) is 0 Å². The summed E-state index contributed by atoms with van der Waals surface area (Å²) in [4.78, 5) is 25.9. The number of aromatic nitrogens is 2. The van der Waals surface area contributed by atoms with Crippen molar-refractivity contribution in [3.05, 3.63) is 21.7 Å². The van der Waals surface area contributed by atoms with E-state index in [1.807, 2.05) is 19.4 Å². The Balaban J connectivity index is 1.85. The summed E-state index contributed by atoms with van der Waals surface area (Å²) >= 11 is 2.89. The van der Waals surface area contributed by atoms with Crippen molar-refractivity contribution in [2.24, 2.45) is 18.9 Å². The monoisotopic (exact) mass is 356 g/mol. The lowest BCUT2D eigenvalue weighted by Crippen LogP contribution is -2.63. The molecular formula is C14H18N3O4S2+. The molecule has 0 saturated carbocycles. The third kappa shape index (κ3) is 2.56. The van der Waals surface area contributed by atoms with Gasteiger partial charge < -0.3 is 15.1 Å². The molecule has 23 heavy (non-hydrogen) atoms. The number of hydrogen-bond donors (Lipinski definition) is 2. The number of carbonyl (C=O) groups is 2. The number of carboxylic acids is 1. The number of aryl methyl sites for hydroxylation is 1. The standard InChI is InChI=1S/C14H17N3O4S2/c1-6-10-9(7(2)18)13(19)17(10)11(14(20)21)12(6)22-4-8-5-23-16(3)15-8/h5-7,9-10,18H,4H2,1-3H3/p+1/t6-,7-,9-,10-/m1/s1. The Morgan fingerprint density at radius 1 is 1.61 bits per heavy atom. The Bertz CT molecular complexity index is 700. The van der Waals surface area contributed by atoms with Crippen LogP contribution < -0.4 is 4.07 Å². The van der Waals surface area contributed by atoms with Crippen molar-refractivity contribution in [1.29, 1.82) is 0 Å². The zero-order chi connectivity index (χ0) is 16.9.